The van der Waals surface area contributed by atoms with Gasteiger partial charge in [0.25, 0.3) is 0 Å². The lowest BCUT2D eigenvalue weighted by Gasteiger charge is -2.36. The summed E-state index contributed by atoms with van der Waals surface area (Å²) < 4.78 is 0. The first-order valence-electron chi connectivity index (χ1n) is 7.41. The summed E-state index contributed by atoms with van der Waals surface area (Å²) in [6.07, 6.45) is 5.36. The van der Waals surface area contributed by atoms with Crippen molar-refractivity contribution >= 4 is 0 Å². The molecule has 1 aliphatic heterocycles. The first kappa shape index (κ1) is 14.9. The standard InChI is InChI=1S/C14H31N3/c1-4-15-10-6-7-11-16(3)14-8-12-17(5-2)13-9-14/h14-15H,4-13H2,1-3H3. The lowest BCUT2D eigenvalue weighted by molar-refractivity contribution is 0.130. The molecule has 1 heterocycles. The van der Waals surface area contributed by atoms with E-state index in [1.165, 1.54) is 58.4 Å². The lowest BCUT2D eigenvalue weighted by atomic mass is 10.0. The Bertz CT molecular complexity index is 176. The highest BCUT2D eigenvalue weighted by atomic mass is 15.2. The molecule has 0 aromatic rings. The van der Waals surface area contributed by atoms with Gasteiger partial charge in [-0.1, -0.05) is 13.8 Å². The Balaban J connectivity index is 2.05. The van der Waals surface area contributed by atoms with E-state index in [1.807, 2.05) is 0 Å². The van der Waals surface area contributed by atoms with Crippen LogP contribution in [0.3, 0.4) is 0 Å². The fraction of sp³-hybridized carbons (Fsp3) is 1.00. The Morgan fingerprint density at radius 2 is 1.88 bits per heavy atom. The Hall–Kier alpha value is -0.120. The number of unbranched alkanes of at least 4 members (excludes halogenated alkanes) is 1. The van der Waals surface area contributed by atoms with E-state index in [-0.39, 0.29) is 0 Å². The van der Waals surface area contributed by atoms with E-state index in [1.54, 1.807) is 0 Å². The molecule has 1 fully saturated rings. The highest BCUT2D eigenvalue weighted by Crippen LogP contribution is 2.15. The molecule has 102 valence electrons. The van der Waals surface area contributed by atoms with Gasteiger partial charge in [0.15, 0.2) is 0 Å². The topological polar surface area (TPSA) is 18.5 Å². The molecule has 1 rings (SSSR count). The maximum atomic E-state index is 3.39. The minimum Gasteiger partial charge on any atom is -0.317 e. The van der Waals surface area contributed by atoms with Crippen molar-refractivity contribution in [2.24, 2.45) is 0 Å². The lowest BCUT2D eigenvalue weighted by Crippen LogP contribution is -2.43. The molecule has 0 atom stereocenters. The predicted octanol–water partition coefficient (Wildman–Crippen LogP) is 1.79. The number of nitrogens with one attached hydrogen (secondary N) is 1. The van der Waals surface area contributed by atoms with Crippen LogP contribution in [0.5, 0.6) is 0 Å². The number of hydrogen-bond donors (Lipinski definition) is 1. The van der Waals surface area contributed by atoms with Gasteiger partial charge in [-0.05, 0) is 72.0 Å². The number of rotatable bonds is 8. The molecule has 0 unspecified atom stereocenters. The SMILES string of the molecule is CCNCCCCN(C)C1CCN(CC)CC1. The van der Waals surface area contributed by atoms with Crippen molar-refractivity contribution in [1.29, 1.82) is 0 Å². The molecule has 17 heavy (non-hydrogen) atoms. The molecule has 0 spiro atoms. The molecule has 3 heteroatoms. The van der Waals surface area contributed by atoms with E-state index in [2.05, 4.69) is 36.0 Å². The fourth-order valence-electron chi connectivity index (χ4n) is 2.65. The summed E-state index contributed by atoms with van der Waals surface area (Å²) in [7, 11) is 2.31. The van der Waals surface area contributed by atoms with E-state index >= 15 is 0 Å². The minimum atomic E-state index is 0.830. The van der Waals surface area contributed by atoms with Crippen LogP contribution >= 0.6 is 0 Å². The van der Waals surface area contributed by atoms with Crippen molar-refractivity contribution in [2.75, 3.05) is 46.3 Å². The highest BCUT2D eigenvalue weighted by molar-refractivity contribution is 4.77. The van der Waals surface area contributed by atoms with Crippen molar-refractivity contribution in [3.05, 3.63) is 0 Å². The van der Waals surface area contributed by atoms with Crippen LogP contribution in [-0.2, 0) is 0 Å². The summed E-state index contributed by atoms with van der Waals surface area (Å²) in [5.41, 5.74) is 0. The number of hydrogen-bond acceptors (Lipinski definition) is 3. The van der Waals surface area contributed by atoms with Crippen molar-refractivity contribution in [1.82, 2.24) is 15.1 Å². The Morgan fingerprint density at radius 3 is 2.47 bits per heavy atom. The van der Waals surface area contributed by atoms with Gasteiger partial charge < -0.3 is 15.1 Å². The first-order valence-corrected chi connectivity index (χ1v) is 7.41. The van der Waals surface area contributed by atoms with E-state index in [0.717, 1.165) is 12.6 Å². The average molecular weight is 241 g/mol. The monoisotopic (exact) mass is 241 g/mol. The van der Waals surface area contributed by atoms with Crippen LogP contribution in [0.2, 0.25) is 0 Å². The van der Waals surface area contributed by atoms with Gasteiger partial charge >= 0.3 is 0 Å². The molecule has 3 nitrogen and oxygen atoms in total. The van der Waals surface area contributed by atoms with Crippen LogP contribution in [0.25, 0.3) is 0 Å². The van der Waals surface area contributed by atoms with E-state index in [9.17, 15) is 0 Å². The van der Waals surface area contributed by atoms with Crippen LogP contribution in [0.15, 0.2) is 0 Å². The van der Waals surface area contributed by atoms with E-state index in [4.69, 9.17) is 0 Å². The smallest absolute Gasteiger partial charge is 0.0117 e. The highest BCUT2D eigenvalue weighted by Gasteiger charge is 2.20. The van der Waals surface area contributed by atoms with Gasteiger partial charge in [0.05, 0.1) is 0 Å². The largest absolute Gasteiger partial charge is 0.317 e. The maximum Gasteiger partial charge on any atom is 0.0117 e. The van der Waals surface area contributed by atoms with Gasteiger partial charge in [-0.15, -0.1) is 0 Å². The Morgan fingerprint density at radius 1 is 1.18 bits per heavy atom. The van der Waals surface area contributed by atoms with E-state index in [0.29, 0.717) is 0 Å². The summed E-state index contributed by atoms with van der Waals surface area (Å²) in [6.45, 7) is 11.8. The van der Waals surface area contributed by atoms with Gasteiger partial charge in [-0.2, -0.15) is 0 Å². The summed E-state index contributed by atoms with van der Waals surface area (Å²) >= 11 is 0. The fourth-order valence-corrected chi connectivity index (χ4v) is 2.65. The molecule has 0 aromatic carbocycles. The molecule has 1 saturated heterocycles. The number of nitrogens with zero attached hydrogens (tertiary/aromatic N) is 2. The van der Waals surface area contributed by atoms with Gasteiger partial charge in [-0.25, -0.2) is 0 Å². The van der Waals surface area contributed by atoms with E-state index < -0.39 is 0 Å². The third-order valence-corrected chi connectivity index (χ3v) is 3.99. The van der Waals surface area contributed by atoms with Crippen molar-refractivity contribution in [3.63, 3.8) is 0 Å². The summed E-state index contributed by atoms with van der Waals surface area (Å²) in [5.74, 6) is 0. The van der Waals surface area contributed by atoms with Gasteiger partial charge in [0, 0.05) is 6.04 Å². The van der Waals surface area contributed by atoms with Gasteiger partial charge in [0.1, 0.15) is 0 Å². The maximum absolute atomic E-state index is 3.39. The molecule has 1 aliphatic rings. The zero-order valence-electron chi connectivity index (χ0n) is 12.0. The molecule has 0 aliphatic carbocycles. The average Bonchev–Trinajstić information content (AvgIpc) is 2.38. The second-order valence-corrected chi connectivity index (χ2v) is 5.21. The van der Waals surface area contributed by atoms with Crippen LogP contribution in [0.1, 0.15) is 39.5 Å². The Kier molecular flexibility index (Phi) is 7.82. The summed E-state index contributed by atoms with van der Waals surface area (Å²) in [4.78, 5) is 5.15. The zero-order valence-corrected chi connectivity index (χ0v) is 12.0. The number of piperidine rings is 1. The summed E-state index contributed by atoms with van der Waals surface area (Å²) in [5, 5.41) is 3.39. The molecule has 0 aromatic heterocycles. The summed E-state index contributed by atoms with van der Waals surface area (Å²) in [6, 6.07) is 0.830. The van der Waals surface area contributed by atoms with Crippen molar-refractivity contribution < 1.29 is 0 Å². The Labute approximate surface area is 108 Å². The second-order valence-electron chi connectivity index (χ2n) is 5.21. The normalized spacial score (nSPS) is 19.1. The van der Waals surface area contributed by atoms with Gasteiger partial charge in [0.2, 0.25) is 0 Å². The molecule has 0 bridgehead atoms. The molecule has 1 N–H and O–H groups in total. The minimum absolute atomic E-state index is 0.830. The molecule has 0 radical (unpaired) electrons. The molecule has 0 saturated carbocycles. The quantitative estimate of drug-likeness (QED) is 0.654. The molecule has 0 amide bonds. The predicted molar refractivity (Wildman–Crippen MR) is 75.5 cm³/mol. The second kappa shape index (κ2) is 8.90. The van der Waals surface area contributed by atoms with Crippen molar-refractivity contribution in [2.45, 2.75) is 45.6 Å². The van der Waals surface area contributed by atoms with Crippen LogP contribution in [0, 0.1) is 0 Å². The number of likely N-dealkylation sites (tertiary alicyclic amines) is 1. The zero-order chi connectivity index (χ0) is 12.5. The van der Waals surface area contributed by atoms with Crippen LogP contribution < -0.4 is 5.32 Å². The van der Waals surface area contributed by atoms with Gasteiger partial charge in [-0.3, -0.25) is 0 Å². The molecular formula is C14H31N3. The third kappa shape index (κ3) is 5.84. The van der Waals surface area contributed by atoms with Crippen LogP contribution in [-0.4, -0.2) is 62.2 Å². The molecular weight excluding hydrogens is 210 g/mol. The third-order valence-electron chi connectivity index (χ3n) is 3.99. The van der Waals surface area contributed by atoms with Crippen LogP contribution in [0.4, 0.5) is 0 Å². The van der Waals surface area contributed by atoms with Crippen molar-refractivity contribution in [3.8, 4) is 0 Å². The first-order chi connectivity index (χ1) is 8.27.